The van der Waals surface area contributed by atoms with Crippen LogP contribution in [0.1, 0.15) is 27.9 Å². The monoisotopic (exact) mass is 426 g/mol. The van der Waals surface area contributed by atoms with E-state index in [0.29, 0.717) is 29.8 Å². The molecule has 2 heterocycles. The second kappa shape index (κ2) is 7.66. The van der Waals surface area contributed by atoms with E-state index in [1.54, 1.807) is 23.1 Å². The molecular weight excluding hydrogens is 404 g/mol. The number of carbonyl (C=O) groups is 2. The third-order valence-electron chi connectivity index (χ3n) is 6.12. The Kier molecular flexibility index (Phi) is 4.79. The van der Waals surface area contributed by atoms with Crippen LogP contribution in [0.15, 0.2) is 79.0 Å². The molecule has 1 aliphatic rings. The van der Waals surface area contributed by atoms with Crippen LogP contribution in [0.4, 0.5) is 5.69 Å². The van der Waals surface area contributed by atoms with Gasteiger partial charge in [-0.05, 0) is 48.4 Å². The van der Waals surface area contributed by atoms with Crippen molar-refractivity contribution in [2.75, 3.05) is 11.4 Å². The number of carbonyl (C=O) groups excluding carboxylic acids is 2. The molecule has 1 atom stereocenters. The van der Waals surface area contributed by atoms with Crippen molar-refractivity contribution >= 4 is 28.3 Å². The van der Waals surface area contributed by atoms with Crippen LogP contribution in [-0.4, -0.2) is 33.4 Å². The number of phenolic OH excluding ortho intramolecular Hbond substituents is 1. The molecule has 0 saturated carbocycles. The van der Waals surface area contributed by atoms with Crippen molar-refractivity contribution in [1.82, 2.24) is 4.98 Å². The molecule has 0 bridgehead atoms. The molecule has 1 aromatic heterocycles. The van der Waals surface area contributed by atoms with Crippen LogP contribution in [0.25, 0.3) is 10.9 Å². The summed E-state index contributed by atoms with van der Waals surface area (Å²) in [5.74, 6) is -0.814. The van der Waals surface area contributed by atoms with Gasteiger partial charge in [-0.15, -0.1) is 0 Å². The van der Waals surface area contributed by atoms with Gasteiger partial charge in [0.2, 0.25) is 0 Å². The SMILES string of the molecule is O=C(C[C@]1(O)C(=O)N(CCc2c[nH]c3ccccc23)c2ccccc21)c1ccc(O)cc1. The van der Waals surface area contributed by atoms with E-state index in [1.165, 1.54) is 24.3 Å². The van der Waals surface area contributed by atoms with E-state index in [9.17, 15) is 19.8 Å². The Morgan fingerprint density at radius 2 is 1.69 bits per heavy atom. The predicted molar refractivity (Wildman–Crippen MR) is 122 cm³/mol. The van der Waals surface area contributed by atoms with Crippen LogP contribution in [0.2, 0.25) is 0 Å². The van der Waals surface area contributed by atoms with E-state index in [2.05, 4.69) is 4.98 Å². The van der Waals surface area contributed by atoms with Gasteiger partial charge < -0.3 is 20.1 Å². The highest BCUT2D eigenvalue weighted by Crippen LogP contribution is 2.43. The zero-order valence-corrected chi connectivity index (χ0v) is 17.3. The number of hydrogen-bond donors (Lipinski definition) is 3. The van der Waals surface area contributed by atoms with Gasteiger partial charge in [0, 0.05) is 34.8 Å². The van der Waals surface area contributed by atoms with E-state index in [-0.39, 0.29) is 18.0 Å². The summed E-state index contributed by atoms with van der Waals surface area (Å²) in [5.41, 5.74) is 1.59. The zero-order chi connectivity index (χ0) is 22.3. The highest BCUT2D eigenvalue weighted by molar-refractivity contribution is 6.10. The second-order valence-electron chi connectivity index (χ2n) is 8.09. The molecule has 1 aliphatic heterocycles. The lowest BCUT2D eigenvalue weighted by Crippen LogP contribution is -2.42. The number of Topliss-reactive ketones (excluding diaryl/α,β-unsaturated/α-hetero) is 1. The highest BCUT2D eigenvalue weighted by atomic mass is 16.3. The van der Waals surface area contributed by atoms with Crippen LogP contribution >= 0.6 is 0 Å². The number of aromatic hydroxyl groups is 1. The van der Waals surface area contributed by atoms with Gasteiger partial charge in [-0.3, -0.25) is 9.59 Å². The van der Waals surface area contributed by atoms with Gasteiger partial charge in [-0.25, -0.2) is 0 Å². The van der Waals surface area contributed by atoms with Gasteiger partial charge in [-0.1, -0.05) is 36.4 Å². The average Bonchev–Trinajstić information content (AvgIpc) is 3.30. The van der Waals surface area contributed by atoms with Gasteiger partial charge in [0.15, 0.2) is 11.4 Å². The molecule has 0 spiro atoms. The first kappa shape index (κ1) is 20.0. The highest BCUT2D eigenvalue weighted by Gasteiger charge is 2.50. The molecule has 6 nitrogen and oxygen atoms in total. The van der Waals surface area contributed by atoms with Gasteiger partial charge in [-0.2, -0.15) is 0 Å². The fourth-order valence-electron chi connectivity index (χ4n) is 4.45. The molecule has 1 amide bonds. The average molecular weight is 426 g/mol. The number of aromatic amines is 1. The first-order chi connectivity index (χ1) is 15.5. The number of benzene rings is 3. The first-order valence-corrected chi connectivity index (χ1v) is 10.5. The number of rotatable bonds is 6. The van der Waals surface area contributed by atoms with Crippen LogP contribution in [0.3, 0.4) is 0 Å². The third kappa shape index (κ3) is 3.25. The summed E-state index contributed by atoms with van der Waals surface area (Å²) in [5, 5.41) is 22.0. The van der Waals surface area contributed by atoms with Crippen molar-refractivity contribution in [2.24, 2.45) is 0 Å². The summed E-state index contributed by atoms with van der Waals surface area (Å²) >= 11 is 0. The smallest absolute Gasteiger partial charge is 0.264 e. The van der Waals surface area contributed by atoms with E-state index in [1.807, 2.05) is 36.5 Å². The molecule has 0 unspecified atom stereocenters. The van der Waals surface area contributed by atoms with Crippen molar-refractivity contribution in [1.29, 1.82) is 0 Å². The fourth-order valence-corrected chi connectivity index (χ4v) is 4.45. The number of H-pyrrole nitrogens is 1. The summed E-state index contributed by atoms with van der Waals surface area (Å²) in [6.07, 6.45) is 2.18. The Balaban J connectivity index is 1.42. The van der Waals surface area contributed by atoms with Crippen molar-refractivity contribution in [3.8, 4) is 5.75 Å². The summed E-state index contributed by atoms with van der Waals surface area (Å²) < 4.78 is 0. The van der Waals surface area contributed by atoms with Crippen molar-refractivity contribution in [3.63, 3.8) is 0 Å². The lowest BCUT2D eigenvalue weighted by Gasteiger charge is -2.23. The van der Waals surface area contributed by atoms with E-state index >= 15 is 0 Å². The van der Waals surface area contributed by atoms with Gasteiger partial charge in [0.1, 0.15) is 5.75 Å². The molecule has 0 saturated heterocycles. The third-order valence-corrected chi connectivity index (χ3v) is 6.12. The van der Waals surface area contributed by atoms with Crippen LogP contribution in [0.5, 0.6) is 5.75 Å². The number of anilines is 1. The minimum absolute atomic E-state index is 0.0472. The maximum atomic E-state index is 13.4. The number of nitrogens with one attached hydrogen (secondary N) is 1. The predicted octanol–water partition coefficient (Wildman–Crippen LogP) is 3.92. The fraction of sp³-hybridized carbons (Fsp3) is 0.154. The quantitative estimate of drug-likeness (QED) is 0.407. The number of aliphatic hydroxyl groups is 1. The Labute approximate surface area is 184 Å². The number of phenols is 1. The van der Waals surface area contributed by atoms with Crippen molar-refractivity contribution < 1.29 is 19.8 Å². The zero-order valence-electron chi connectivity index (χ0n) is 17.3. The summed E-state index contributed by atoms with van der Waals surface area (Å²) in [7, 11) is 0. The molecule has 4 aromatic rings. The Bertz CT molecular complexity index is 1330. The molecule has 0 fully saturated rings. The van der Waals surface area contributed by atoms with E-state index in [0.717, 1.165) is 16.5 Å². The van der Waals surface area contributed by atoms with E-state index < -0.39 is 11.5 Å². The van der Waals surface area contributed by atoms with Crippen molar-refractivity contribution in [2.45, 2.75) is 18.4 Å². The van der Waals surface area contributed by atoms with Crippen LogP contribution in [-0.2, 0) is 16.8 Å². The van der Waals surface area contributed by atoms with Crippen LogP contribution in [0, 0.1) is 0 Å². The largest absolute Gasteiger partial charge is 0.508 e. The molecule has 0 radical (unpaired) electrons. The normalized spacial score (nSPS) is 17.7. The number of fused-ring (bicyclic) bond motifs is 2. The van der Waals surface area contributed by atoms with Gasteiger partial charge >= 0.3 is 0 Å². The number of nitrogens with zero attached hydrogens (tertiary/aromatic N) is 1. The standard InChI is InChI=1S/C26H22N2O4/c29-19-11-9-17(10-12-19)24(30)15-26(32)21-6-2-4-8-23(21)28(25(26)31)14-13-18-16-27-22-7-3-1-5-20(18)22/h1-12,16,27,29,32H,13-15H2/t26-/m1/s1. The minimum Gasteiger partial charge on any atom is -0.508 e. The summed E-state index contributed by atoms with van der Waals surface area (Å²) in [6, 6.07) is 20.8. The Morgan fingerprint density at radius 1 is 0.969 bits per heavy atom. The molecule has 3 aromatic carbocycles. The Morgan fingerprint density at radius 3 is 2.50 bits per heavy atom. The summed E-state index contributed by atoms with van der Waals surface area (Å²) in [6.45, 7) is 0.382. The van der Waals surface area contributed by atoms with E-state index in [4.69, 9.17) is 0 Å². The van der Waals surface area contributed by atoms with Gasteiger partial charge in [0.25, 0.3) is 5.91 Å². The minimum atomic E-state index is -1.92. The number of amides is 1. The van der Waals surface area contributed by atoms with Crippen molar-refractivity contribution in [3.05, 3.63) is 95.7 Å². The lowest BCUT2D eigenvalue weighted by molar-refractivity contribution is -0.135. The number of para-hydroxylation sites is 2. The lowest BCUT2D eigenvalue weighted by atomic mass is 9.88. The molecule has 32 heavy (non-hydrogen) atoms. The molecule has 3 N–H and O–H groups in total. The number of ketones is 1. The van der Waals surface area contributed by atoms with Crippen LogP contribution < -0.4 is 4.90 Å². The second-order valence-corrected chi connectivity index (χ2v) is 8.09. The topological polar surface area (TPSA) is 93.6 Å². The first-order valence-electron chi connectivity index (χ1n) is 10.5. The molecule has 0 aliphatic carbocycles. The molecular formula is C26H22N2O4. The number of hydrogen-bond acceptors (Lipinski definition) is 4. The van der Waals surface area contributed by atoms with Gasteiger partial charge in [0.05, 0.1) is 12.1 Å². The Hall–Kier alpha value is -3.90. The maximum absolute atomic E-state index is 13.4. The molecule has 160 valence electrons. The number of aromatic nitrogens is 1. The molecule has 6 heteroatoms. The molecule has 5 rings (SSSR count). The summed E-state index contributed by atoms with van der Waals surface area (Å²) in [4.78, 5) is 31.1. The maximum Gasteiger partial charge on any atom is 0.264 e.